The highest BCUT2D eigenvalue weighted by Crippen LogP contribution is 2.43. The quantitative estimate of drug-likeness (QED) is 0.210. The Morgan fingerprint density at radius 1 is 0.667 bits per heavy atom. The van der Waals surface area contributed by atoms with Crippen LogP contribution in [0.15, 0.2) is 103 Å². The molecule has 194 valence electrons. The number of hydrogen-bond donors (Lipinski definition) is 2. The van der Waals surface area contributed by atoms with Crippen molar-refractivity contribution in [3.05, 3.63) is 131 Å². The number of H-pyrrole nitrogens is 2. The SMILES string of the molecule is c1ccc(COc2ccc3[nH]cc(C4CCCCc5[nH]c6ccc(OCc7ccccc7)cc6c54)c3c2)cc1. The molecule has 1 atom stereocenters. The fourth-order valence-electron chi connectivity index (χ4n) is 6.02. The number of ether oxygens (including phenoxy) is 2. The largest absolute Gasteiger partial charge is 0.489 e. The Morgan fingerprint density at radius 3 is 2.00 bits per heavy atom. The van der Waals surface area contributed by atoms with E-state index in [1.165, 1.54) is 57.1 Å². The lowest BCUT2D eigenvalue weighted by Crippen LogP contribution is -2.01. The summed E-state index contributed by atoms with van der Waals surface area (Å²) in [4.78, 5) is 7.29. The lowest BCUT2D eigenvalue weighted by molar-refractivity contribution is 0.306. The number of aromatic nitrogens is 2. The van der Waals surface area contributed by atoms with Crippen LogP contribution in [-0.2, 0) is 19.6 Å². The number of aryl methyl sites for hydroxylation is 1. The van der Waals surface area contributed by atoms with Crippen LogP contribution in [0, 0.1) is 0 Å². The molecule has 0 saturated heterocycles. The molecule has 2 N–H and O–H groups in total. The van der Waals surface area contributed by atoms with Crippen molar-refractivity contribution in [2.45, 2.75) is 44.8 Å². The summed E-state index contributed by atoms with van der Waals surface area (Å²) < 4.78 is 12.4. The Balaban J connectivity index is 1.23. The van der Waals surface area contributed by atoms with Crippen LogP contribution < -0.4 is 9.47 Å². The number of rotatable bonds is 7. The minimum atomic E-state index is 0.304. The molecule has 0 spiro atoms. The van der Waals surface area contributed by atoms with Crippen LogP contribution in [0.25, 0.3) is 21.8 Å². The van der Waals surface area contributed by atoms with Crippen molar-refractivity contribution in [3.63, 3.8) is 0 Å². The predicted octanol–water partition coefficient (Wildman–Crippen LogP) is 8.67. The van der Waals surface area contributed by atoms with Gasteiger partial charge in [0.1, 0.15) is 24.7 Å². The molecular formula is C35H32N2O2. The van der Waals surface area contributed by atoms with Crippen LogP contribution >= 0.6 is 0 Å². The third kappa shape index (κ3) is 4.79. The van der Waals surface area contributed by atoms with Gasteiger partial charge >= 0.3 is 0 Å². The number of nitrogens with one attached hydrogen (secondary N) is 2. The van der Waals surface area contributed by atoms with E-state index in [0.29, 0.717) is 19.1 Å². The van der Waals surface area contributed by atoms with E-state index < -0.39 is 0 Å². The van der Waals surface area contributed by atoms with Gasteiger partial charge in [0.25, 0.3) is 0 Å². The minimum Gasteiger partial charge on any atom is -0.489 e. The summed E-state index contributed by atoms with van der Waals surface area (Å²) >= 11 is 0. The van der Waals surface area contributed by atoms with E-state index in [2.05, 4.69) is 101 Å². The summed E-state index contributed by atoms with van der Waals surface area (Å²) in [6, 6.07) is 33.6. The summed E-state index contributed by atoms with van der Waals surface area (Å²) in [6.07, 6.45) is 6.81. The second-order valence-corrected chi connectivity index (χ2v) is 10.5. The highest BCUT2D eigenvalue weighted by Gasteiger charge is 2.27. The van der Waals surface area contributed by atoms with Crippen molar-refractivity contribution in [1.82, 2.24) is 9.97 Å². The molecular weight excluding hydrogens is 480 g/mol. The lowest BCUT2D eigenvalue weighted by Gasteiger charge is -2.17. The molecule has 0 radical (unpaired) electrons. The molecule has 6 aromatic rings. The van der Waals surface area contributed by atoms with Crippen molar-refractivity contribution >= 4 is 21.8 Å². The fraction of sp³-hybridized carbons (Fsp3) is 0.200. The van der Waals surface area contributed by atoms with Crippen molar-refractivity contribution in [3.8, 4) is 11.5 Å². The fourth-order valence-corrected chi connectivity index (χ4v) is 6.02. The Kier molecular flexibility index (Phi) is 6.29. The maximum Gasteiger partial charge on any atom is 0.120 e. The van der Waals surface area contributed by atoms with Crippen LogP contribution in [0.5, 0.6) is 11.5 Å². The molecule has 0 amide bonds. The third-order valence-corrected chi connectivity index (χ3v) is 7.97. The zero-order chi connectivity index (χ0) is 26.0. The van der Waals surface area contributed by atoms with Crippen LogP contribution in [0.1, 0.15) is 53.1 Å². The van der Waals surface area contributed by atoms with Crippen molar-refractivity contribution in [2.75, 3.05) is 0 Å². The van der Waals surface area contributed by atoms with Crippen LogP contribution in [0.2, 0.25) is 0 Å². The van der Waals surface area contributed by atoms with Gasteiger partial charge in [-0.15, -0.1) is 0 Å². The first-order chi connectivity index (χ1) is 19.3. The first-order valence-corrected chi connectivity index (χ1v) is 13.9. The zero-order valence-corrected chi connectivity index (χ0v) is 22.0. The average Bonchev–Trinajstić information content (AvgIpc) is 3.50. The highest BCUT2D eigenvalue weighted by atomic mass is 16.5. The molecule has 0 aliphatic heterocycles. The molecule has 4 aromatic carbocycles. The summed E-state index contributed by atoms with van der Waals surface area (Å²) in [6.45, 7) is 1.13. The Morgan fingerprint density at radius 2 is 1.31 bits per heavy atom. The van der Waals surface area contributed by atoms with Gasteiger partial charge in [0.2, 0.25) is 0 Å². The minimum absolute atomic E-state index is 0.304. The number of aromatic amines is 2. The third-order valence-electron chi connectivity index (χ3n) is 7.97. The second-order valence-electron chi connectivity index (χ2n) is 10.5. The summed E-state index contributed by atoms with van der Waals surface area (Å²) in [5, 5.41) is 2.51. The molecule has 4 nitrogen and oxygen atoms in total. The van der Waals surface area contributed by atoms with E-state index in [9.17, 15) is 0 Å². The maximum absolute atomic E-state index is 6.23. The Bertz CT molecular complexity index is 1720. The van der Waals surface area contributed by atoms with Gasteiger partial charge in [0, 0.05) is 39.6 Å². The highest BCUT2D eigenvalue weighted by molar-refractivity contribution is 5.90. The van der Waals surface area contributed by atoms with E-state index in [-0.39, 0.29) is 0 Å². The predicted molar refractivity (Wildman–Crippen MR) is 158 cm³/mol. The van der Waals surface area contributed by atoms with Crippen molar-refractivity contribution < 1.29 is 9.47 Å². The van der Waals surface area contributed by atoms with E-state index in [0.717, 1.165) is 29.9 Å². The topological polar surface area (TPSA) is 50.0 Å². The van der Waals surface area contributed by atoms with Gasteiger partial charge in [-0.25, -0.2) is 0 Å². The first kappa shape index (κ1) is 23.7. The monoisotopic (exact) mass is 512 g/mol. The van der Waals surface area contributed by atoms with Crippen LogP contribution in [-0.4, -0.2) is 9.97 Å². The molecule has 2 heterocycles. The molecule has 2 aromatic heterocycles. The van der Waals surface area contributed by atoms with E-state index in [1.54, 1.807) is 0 Å². The molecule has 1 aliphatic rings. The normalized spacial score (nSPS) is 15.2. The molecule has 0 saturated carbocycles. The summed E-state index contributed by atoms with van der Waals surface area (Å²) in [7, 11) is 0. The number of benzene rings is 4. The first-order valence-electron chi connectivity index (χ1n) is 13.9. The lowest BCUT2D eigenvalue weighted by atomic mass is 9.86. The van der Waals surface area contributed by atoms with E-state index in [1.807, 2.05) is 12.1 Å². The summed E-state index contributed by atoms with van der Waals surface area (Å²) in [5.41, 5.74) is 8.80. The molecule has 0 bridgehead atoms. The van der Waals surface area contributed by atoms with Gasteiger partial charge in [0.15, 0.2) is 0 Å². The van der Waals surface area contributed by atoms with Gasteiger partial charge in [-0.3, -0.25) is 0 Å². The van der Waals surface area contributed by atoms with E-state index >= 15 is 0 Å². The van der Waals surface area contributed by atoms with Crippen molar-refractivity contribution in [2.24, 2.45) is 0 Å². The zero-order valence-electron chi connectivity index (χ0n) is 22.0. The van der Waals surface area contributed by atoms with E-state index in [4.69, 9.17) is 9.47 Å². The average molecular weight is 513 g/mol. The Labute approximate surface area is 228 Å². The van der Waals surface area contributed by atoms with Gasteiger partial charge in [-0.1, -0.05) is 67.1 Å². The molecule has 4 heteroatoms. The number of hydrogen-bond acceptors (Lipinski definition) is 2. The smallest absolute Gasteiger partial charge is 0.120 e. The van der Waals surface area contributed by atoms with Gasteiger partial charge < -0.3 is 19.4 Å². The molecule has 0 fully saturated rings. The molecule has 39 heavy (non-hydrogen) atoms. The number of fused-ring (bicyclic) bond motifs is 4. The standard InChI is InChI=1S/C35H32N2O2/c1-3-9-24(10-4-1)22-38-26-15-17-32-29(19-26)31(21-36-32)28-13-7-8-14-34-35(28)30-20-27(16-18-33(30)37-34)39-23-25-11-5-2-6-12-25/h1-6,9-12,15-21,28,36-37H,7-8,13-14,22-23H2. The van der Waals surface area contributed by atoms with Gasteiger partial charge in [-0.05, 0) is 77.9 Å². The summed E-state index contributed by atoms with van der Waals surface area (Å²) in [5.74, 6) is 2.11. The van der Waals surface area contributed by atoms with Crippen molar-refractivity contribution in [1.29, 1.82) is 0 Å². The maximum atomic E-state index is 6.23. The second kappa shape index (κ2) is 10.4. The molecule has 1 aliphatic carbocycles. The van der Waals surface area contributed by atoms with Crippen LogP contribution in [0.3, 0.4) is 0 Å². The Hall–Kier alpha value is -4.44. The van der Waals surface area contributed by atoms with Gasteiger partial charge in [0.05, 0.1) is 0 Å². The molecule has 1 unspecified atom stereocenters. The van der Waals surface area contributed by atoms with Gasteiger partial charge in [-0.2, -0.15) is 0 Å². The van der Waals surface area contributed by atoms with Crippen LogP contribution in [0.4, 0.5) is 0 Å². The molecule has 7 rings (SSSR count).